The average Bonchev–Trinajstić information content (AvgIpc) is 3.48. The minimum absolute atomic E-state index is 0.118. The molecule has 1 aromatic carbocycles. The lowest BCUT2D eigenvalue weighted by Gasteiger charge is -2.37. The van der Waals surface area contributed by atoms with E-state index in [2.05, 4.69) is 9.97 Å². The van der Waals surface area contributed by atoms with Gasteiger partial charge in [0.15, 0.2) is 11.4 Å². The van der Waals surface area contributed by atoms with Gasteiger partial charge in [0.25, 0.3) is 5.91 Å². The van der Waals surface area contributed by atoms with E-state index in [4.69, 9.17) is 4.74 Å². The Morgan fingerprint density at radius 3 is 2.41 bits per heavy atom. The minimum atomic E-state index is -0.939. The van der Waals surface area contributed by atoms with Crippen molar-refractivity contribution in [2.24, 2.45) is 0 Å². The SMILES string of the molecule is O=C1N2C(CCC2c2cc(F)cc(F)c2)OC12CCN(c1ncc(F)c(C3CC3)n1)CC2. The molecular formula is C23H23F3N4O2. The summed E-state index contributed by atoms with van der Waals surface area (Å²) in [5, 5.41) is 0. The lowest BCUT2D eigenvalue weighted by molar-refractivity contribution is -0.140. The Morgan fingerprint density at radius 1 is 1.00 bits per heavy atom. The third-order valence-corrected chi connectivity index (χ3v) is 7.17. The van der Waals surface area contributed by atoms with Crippen LogP contribution in [-0.4, -0.2) is 45.7 Å². The van der Waals surface area contributed by atoms with Crippen molar-refractivity contribution in [3.63, 3.8) is 0 Å². The first kappa shape index (κ1) is 20.0. The maximum Gasteiger partial charge on any atom is 0.257 e. The summed E-state index contributed by atoms with van der Waals surface area (Å²) < 4.78 is 47.8. The highest BCUT2D eigenvalue weighted by Crippen LogP contribution is 2.48. The Balaban J connectivity index is 1.19. The van der Waals surface area contributed by atoms with Crippen molar-refractivity contribution < 1.29 is 22.7 Å². The van der Waals surface area contributed by atoms with Crippen LogP contribution in [0.15, 0.2) is 24.4 Å². The Hall–Kier alpha value is -2.68. The molecule has 9 heteroatoms. The van der Waals surface area contributed by atoms with E-state index in [1.54, 1.807) is 4.90 Å². The van der Waals surface area contributed by atoms with Crippen molar-refractivity contribution in [1.29, 1.82) is 0 Å². The van der Waals surface area contributed by atoms with Gasteiger partial charge in [-0.3, -0.25) is 4.79 Å². The maximum atomic E-state index is 14.0. The summed E-state index contributed by atoms with van der Waals surface area (Å²) in [7, 11) is 0. The topological polar surface area (TPSA) is 58.6 Å². The maximum absolute atomic E-state index is 14.0. The number of halogens is 3. The molecule has 2 aromatic rings. The van der Waals surface area contributed by atoms with Crippen LogP contribution in [0, 0.1) is 17.5 Å². The molecule has 1 aromatic heterocycles. The highest BCUT2D eigenvalue weighted by atomic mass is 19.1. The van der Waals surface area contributed by atoms with Crippen molar-refractivity contribution in [2.75, 3.05) is 18.0 Å². The van der Waals surface area contributed by atoms with Gasteiger partial charge in [0.1, 0.15) is 17.9 Å². The van der Waals surface area contributed by atoms with Crippen LogP contribution in [-0.2, 0) is 9.53 Å². The molecule has 3 saturated heterocycles. The first-order valence-corrected chi connectivity index (χ1v) is 11.2. The second-order valence-corrected chi connectivity index (χ2v) is 9.24. The van der Waals surface area contributed by atoms with Gasteiger partial charge in [-0.15, -0.1) is 0 Å². The number of anilines is 1. The van der Waals surface area contributed by atoms with E-state index in [1.807, 2.05) is 4.90 Å². The fraction of sp³-hybridized carbons (Fsp3) is 0.522. The van der Waals surface area contributed by atoms with E-state index in [9.17, 15) is 18.0 Å². The Labute approximate surface area is 183 Å². The highest BCUT2D eigenvalue weighted by Gasteiger charge is 2.58. The van der Waals surface area contributed by atoms with E-state index < -0.39 is 23.3 Å². The highest BCUT2D eigenvalue weighted by molar-refractivity contribution is 5.88. The minimum Gasteiger partial charge on any atom is -0.342 e. The van der Waals surface area contributed by atoms with Gasteiger partial charge in [0.2, 0.25) is 5.95 Å². The number of benzene rings is 1. The number of carbonyl (C=O) groups excluding carboxylic acids is 1. The van der Waals surface area contributed by atoms with Crippen LogP contribution in [0.3, 0.4) is 0 Å². The number of rotatable bonds is 3. The smallest absolute Gasteiger partial charge is 0.257 e. The van der Waals surface area contributed by atoms with E-state index in [-0.39, 0.29) is 23.9 Å². The van der Waals surface area contributed by atoms with Crippen molar-refractivity contribution in [2.45, 2.75) is 62.3 Å². The van der Waals surface area contributed by atoms with Gasteiger partial charge in [-0.05, 0) is 43.4 Å². The molecule has 4 fully saturated rings. The number of amides is 1. The van der Waals surface area contributed by atoms with Crippen LogP contribution in [0.5, 0.6) is 0 Å². The molecule has 32 heavy (non-hydrogen) atoms. The Kier molecular flexibility index (Phi) is 4.47. The van der Waals surface area contributed by atoms with Gasteiger partial charge >= 0.3 is 0 Å². The zero-order valence-electron chi connectivity index (χ0n) is 17.4. The van der Waals surface area contributed by atoms with Gasteiger partial charge in [-0.25, -0.2) is 23.1 Å². The predicted molar refractivity (Wildman–Crippen MR) is 108 cm³/mol. The van der Waals surface area contributed by atoms with Gasteiger partial charge in [0.05, 0.1) is 17.9 Å². The van der Waals surface area contributed by atoms with Gasteiger partial charge in [-0.1, -0.05) is 0 Å². The van der Waals surface area contributed by atoms with Crippen LogP contribution in [0.25, 0.3) is 0 Å². The first-order valence-electron chi connectivity index (χ1n) is 11.2. The largest absolute Gasteiger partial charge is 0.342 e. The summed E-state index contributed by atoms with van der Waals surface area (Å²) in [6, 6.07) is 3.03. The molecule has 168 valence electrons. The standard InChI is InChI=1S/C23H23F3N4O2/c24-15-9-14(10-16(25)11-15)18-3-4-19-30(18)21(31)23(32-19)5-7-29(8-6-23)22-27-12-17(26)20(28-22)13-1-2-13/h9-13,18-19H,1-8H2. The van der Waals surface area contributed by atoms with Crippen molar-refractivity contribution >= 4 is 11.9 Å². The second-order valence-electron chi connectivity index (χ2n) is 9.24. The zero-order chi connectivity index (χ0) is 22.0. The molecule has 0 bridgehead atoms. The van der Waals surface area contributed by atoms with Crippen molar-refractivity contribution in [3.05, 3.63) is 53.1 Å². The van der Waals surface area contributed by atoms with Crippen LogP contribution in [0.4, 0.5) is 19.1 Å². The molecule has 1 spiro atoms. The Bertz CT molecular complexity index is 1060. The van der Waals surface area contributed by atoms with Crippen LogP contribution < -0.4 is 4.90 Å². The molecule has 6 rings (SSSR count). The summed E-state index contributed by atoms with van der Waals surface area (Å²) in [5.41, 5.74) is 0.00321. The summed E-state index contributed by atoms with van der Waals surface area (Å²) >= 11 is 0. The normalized spacial score (nSPS) is 26.8. The number of hydrogen-bond acceptors (Lipinski definition) is 5. The monoisotopic (exact) mass is 444 g/mol. The molecule has 1 amide bonds. The molecule has 3 aliphatic heterocycles. The summed E-state index contributed by atoms with van der Waals surface area (Å²) in [4.78, 5) is 25.7. The second kappa shape index (κ2) is 7.16. The molecule has 2 unspecified atom stereocenters. The van der Waals surface area contributed by atoms with Crippen LogP contribution in [0.1, 0.15) is 61.7 Å². The van der Waals surface area contributed by atoms with E-state index in [0.29, 0.717) is 56.0 Å². The molecular weight excluding hydrogens is 421 g/mol. The molecule has 6 nitrogen and oxygen atoms in total. The number of nitrogens with zero attached hydrogens (tertiary/aromatic N) is 4. The lowest BCUT2D eigenvalue weighted by atomic mass is 9.89. The number of ether oxygens (including phenoxy) is 1. The molecule has 2 atom stereocenters. The molecule has 4 heterocycles. The number of piperidine rings is 1. The summed E-state index contributed by atoms with van der Waals surface area (Å²) in [6.07, 6.45) is 4.91. The molecule has 1 aliphatic carbocycles. The Morgan fingerprint density at radius 2 is 1.72 bits per heavy atom. The van der Waals surface area contributed by atoms with Crippen LogP contribution >= 0.6 is 0 Å². The molecule has 1 saturated carbocycles. The lowest BCUT2D eigenvalue weighted by Crippen LogP contribution is -2.50. The summed E-state index contributed by atoms with van der Waals surface area (Å²) in [6.45, 7) is 1.03. The van der Waals surface area contributed by atoms with Crippen molar-refractivity contribution in [1.82, 2.24) is 14.9 Å². The third-order valence-electron chi connectivity index (χ3n) is 7.17. The fourth-order valence-corrected chi connectivity index (χ4v) is 5.37. The molecule has 0 radical (unpaired) electrons. The number of aromatic nitrogens is 2. The van der Waals surface area contributed by atoms with Crippen molar-refractivity contribution in [3.8, 4) is 0 Å². The number of fused-ring (bicyclic) bond motifs is 1. The van der Waals surface area contributed by atoms with Gasteiger partial charge in [-0.2, -0.15) is 0 Å². The first-order chi connectivity index (χ1) is 15.4. The number of carbonyl (C=O) groups is 1. The predicted octanol–water partition coefficient (Wildman–Crippen LogP) is 3.83. The fourth-order valence-electron chi connectivity index (χ4n) is 5.37. The van der Waals surface area contributed by atoms with E-state index in [0.717, 1.165) is 18.9 Å². The molecule has 4 aliphatic rings. The van der Waals surface area contributed by atoms with E-state index in [1.165, 1.54) is 18.3 Å². The third kappa shape index (κ3) is 3.17. The number of hydrogen-bond donors (Lipinski definition) is 0. The molecule has 0 N–H and O–H groups in total. The summed E-state index contributed by atoms with van der Waals surface area (Å²) in [5.74, 6) is -1.10. The van der Waals surface area contributed by atoms with Crippen LogP contribution in [0.2, 0.25) is 0 Å². The van der Waals surface area contributed by atoms with Gasteiger partial charge in [0, 0.05) is 37.9 Å². The quantitative estimate of drug-likeness (QED) is 0.720. The average molecular weight is 444 g/mol. The van der Waals surface area contributed by atoms with E-state index >= 15 is 0 Å². The zero-order valence-corrected chi connectivity index (χ0v) is 17.4. The van der Waals surface area contributed by atoms with Gasteiger partial charge < -0.3 is 14.5 Å².